The molecule has 1 heterocycles. The van der Waals surface area contributed by atoms with Gasteiger partial charge in [0.15, 0.2) is 0 Å². The zero-order valence-electron chi connectivity index (χ0n) is 3.80. The highest BCUT2D eigenvalue weighted by molar-refractivity contribution is 7.74. The van der Waals surface area contributed by atoms with Crippen LogP contribution in [-0.4, -0.2) is 11.9 Å². The van der Waals surface area contributed by atoms with E-state index >= 15 is 0 Å². The zero-order chi connectivity index (χ0) is 5.44. The second kappa shape index (κ2) is 1.70. The lowest BCUT2D eigenvalue weighted by Crippen LogP contribution is -1.74. The summed E-state index contributed by atoms with van der Waals surface area (Å²) in [6.45, 7) is 1.85. The molecule has 0 saturated carbocycles. The van der Waals surface area contributed by atoms with Gasteiger partial charge in [0.2, 0.25) is 11.2 Å². The molecular weight excluding hydrogens is 134 g/mol. The highest BCUT2D eigenvalue weighted by Crippen LogP contribution is 2.46. The van der Waals surface area contributed by atoms with Crippen LogP contribution in [0.2, 0.25) is 0 Å². The van der Waals surface area contributed by atoms with E-state index in [1.54, 1.807) is 0 Å². The molecule has 0 aromatic rings. The van der Waals surface area contributed by atoms with Crippen molar-refractivity contribution in [3.05, 3.63) is 0 Å². The fraction of sp³-hybridized carbons (Fsp3) is 1.00. The normalized spacial score (nSPS) is 40.6. The molecule has 0 aromatic carbocycles. The highest BCUT2D eigenvalue weighted by Gasteiger charge is 2.51. The maximum Gasteiger partial charge on any atom is 0.489 e. The summed E-state index contributed by atoms with van der Waals surface area (Å²) < 4.78 is 15.0. The van der Waals surface area contributed by atoms with Crippen LogP contribution in [-0.2, 0) is 9.30 Å². The van der Waals surface area contributed by atoms with E-state index in [9.17, 15) is 4.57 Å². The van der Waals surface area contributed by atoms with Gasteiger partial charge in [-0.05, 0) is 11.5 Å². The van der Waals surface area contributed by atoms with Gasteiger partial charge in [0.25, 0.3) is 5.85 Å². The van der Waals surface area contributed by atoms with Crippen LogP contribution >= 0.6 is 18.4 Å². The first-order valence-electron chi connectivity index (χ1n) is 1.99. The van der Waals surface area contributed by atoms with Crippen LogP contribution in [0.3, 0.4) is 0 Å². The maximum absolute atomic E-state index is 10.2. The first kappa shape index (κ1) is 5.49. The van der Waals surface area contributed by atoms with Crippen molar-refractivity contribution in [1.82, 2.24) is 0 Å². The molecule has 0 amide bonds. The van der Waals surface area contributed by atoms with Crippen LogP contribution in [0, 0.1) is 0 Å². The Hall–Kier alpha value is 0.350. The van der Waals surface area contributed by atoms with Gasteiger partial charge in [0.05, 0.1) is 0 Å². The van der Waals surface area contributed by atoms with Crippen molar-refractivity contribution in [3.8, 4) is 0 Å². The van der Waals surface area contributed by atoms with E-state index < -0.39 is 7.15 Å². The number of halogens is 1. The Labute approximate surface area is 47.4 Å². The predicted octanol–water partition coefficient (Wildman–Crippen LogP) is 1.71. The molecule has 0 aliphatic carbocycles. The number of rotatable bonds is 1. The molecule has 1 aliphatic rings. The molecule has 40 valence electrons. The van der Waals surface area contributed by atoms with Gasteiger partial charge in [0.1, 0.15) is 6.10 Å². The largest absolute Gasteiger partial charge is 0.489 e. The lowest BCUT2D eigenvalue weighted by atomic mass is 10.6. The number of hydrogen-bond donors (Lipinski definition) is 0. The Morgan fingerprint density at radius 2 is 2.29 bits per heavy atom. The van der Waals surface area contributed by atoms with Crippen LogP contribution in [0.25, 0.3) is 0 Å². The van der Waals surface area contributed by atoms with Crippen molar-refractivity contribution in [2.24, 2.45) is 0 Å². The maximum atomic E-state index is 10.2. The van der Waals surface area contributed by atoms with Crippen LogP contribution in [0.5, 0.6) is 0 Å². The molecule has 1 rings (SSSR count). The third-order valence-electron chi connectivity index (χ3n) is 0.879. The van der Waals surface area contributed by atoms with Crippen molar-refractivity contribution < 1.29 is 9.30 Å². The van der Waals surface area contributed by atoms with Crippen molar-refractivity contribution in [2.75, 3.05) is 0 Å². The molecule has 0 radical (unpaired) electrons. The zero-order valence-corrected chi connectivity index (χ0v) is 5.45. The highest BCUT2D eigenvalue weighted by atomic mass is 35.7. The molecule has 3 atom stereocenters. The van der Waals surface area contributed by atoms with Crippen molar-refractivity contribution in [2.45, 2.75) is 18.9 Å². The summed E-state index contributed by atoms with van der Waals surface area (Å²) in [7, 11) is -1.59. The van der Waals surface area contributed by atoms with Gasteiger partial charge >= 0.3 is 7.15 Å². The van der Waals surface area contributed by atoms with Gasteiger partial charge in [-0.3, -0.25) is 0 Å². The first-order chi connectivity index (χ1) is 3.22. The molecule has 1 fully saturated rings. The van der Waals surface area contributed by atoms with E-state index in [4.69, 9.17) is 16.0 Å². The van der Waals surface area contributed by atoms with Crippen LogP contribution in [0.4, 0.5) is 0 Å². The summed E-state index contributed by atoms with van der Waals surface area (Å²) in [4.78, 5) is 0. The van der Waals surface area contributed by atoms with Crippen molar-refractivity contribution in [1.29, 1.82) is 0 Å². The summed E-state index contributed by atoms with van der Waals surface area (Å²) in [6, 6.07) is 0. The third-order valence-corrected chi connectivity index (χ3v) is 2.40. The van der Waals surface area contributed by atoms with Gasteiger partial charge in [-0.2, -0.15) is 0 Å². The molecule has 0 N–H and O–H groups in total. The Balaban J connectivity index is 2.33. The molecule has 1 saturated heterocycles. The SMILES string of the molecule is CC1OC1[P+](=O)Cl. The van der Waals surface area contributed by atoms with Gasteiger partial charge in [-0.1, -0.05) is 0 Å². The van der Waals surface area contributed by atoms with E-state index in [0.717, 1.165) is 0 Å². The van der Waals surface area contributed by atoms with E-state index in [1.807, 2.05) is 6.92 Å². The predicted molar refractivity (Wildman–Crippen MR) is 27.8 cm³/mol. The molecule has 0 bridgehead atoms. The lowest BCUT2D eigenvalue weighted by molar-refractivity contribution is 0.409. The standard InChI is InChI=1S/C3H5ClO2P/c1-2-3(6-2)7(4)5/h2-3H,1H3/q+1. The molecule has 0 spiro atoms. The monoisotopic (exact) mass is 139 g/mol. The number of hydrogen-bond acceptors (Lipinski definition) is 2. The van der Waals surface area contributed by atoms with Crippen LogP contribution < -0.4 is 0 Å². The van der Waals surface area contributed by atoms with Crippen LogP contribution in [0.1, 0.15) is 6.92 Å². The molecule has 2 nitrogen and oxygen atoms in total. The molecule has 7 heavy (non-hydrogen) atoms. The van der Waals surface area contributed by atoms with Gasteiger partial charge < -0.3 is 4.74 Å². The van der Waals surface area contributed by atoms with Crippen molar-refractivity contribution >= 4 is 18.4 Å². The fourth-order valence-electron chi connectivity index (χ4n) is 0.387. The quantitative estimate of drug-likeness (QED) is 0.409. The first-order valence-corrected chi connectivity index (χ1v) is 4.23. The summed E-state index contributed by atoms with van der Waals surface area (Å²) >= 11 is 5.15. The molecule has 3 unspecified atom stereocenters. The Morgan fingerprint density at radius 1 is 1.86 bits per heavy atom. The average molecular weight is 139 g/mol. The second-order valence-corrected chi connectivity index (χ2v) is 3.56. The minimum absolute atomic E-state index is 0.126. The average Bonchev–Trinajstić information content (AvgIpc) is 2.17. The minimum Gasteiger partial charge on any atom is -0.321 e. The summed E-state index contributed by atoms with van der Waals surface area (Å²) in [5.74, 6) is -0.156. The van der Waals surface area contributed by atoms with E-state index in [1.165, 1.54) is 0 Å². The summed E-state index contributed by atoms with van der Waals surface area (Å²) in [5.41, 5.74) is 0. The fourth-order valence-corrected chi connectivity index (χ4v) is 1.62. The second-order valence-electron chi connectivity index (χ2n) is 1.50. The molecule has 0 aromatic heterocycles. The van der Waals surface area contributed by atoms with E-state index in [0.29, 0.717) is 0 Å². The smallest absolute Gasteiger partial charge is 0.321 e. The molecule has 4 heteroatoms. The topological polar surface area (TPSA) is 29.6 Å². The minimum atomic E-state index is -1.59. The Morgan fingerprint density at radius 3 is 2.29 bits per heavy atom. The third kappa shape index (κ3) is 1.12. The van der Waals surface area contributed by atoms with Gasteiger partial charge in [-0.15, -0.1) is 0 Å². The summed E-state index contributed by atoms with van der Waals surface area (Å²) in [6.07, 6.45) is 0.126. The van der Waals surface area contributed by atoms with Crippen LogP contribution in [0.15, 0.2) is 0 Å². The van der Waals surface area contributed by atoms with Gasteiger partial charge in [0, 0.05) is 0 Å². The Kier molecular flexibility index (Phi) is 1.33. The lowest BCUT2D eigenvalue weighted by Gasteiger charge is -1.55. The van der Waals surface area contributed by atoms with Crippen molar-refractivity contribution in [3.63, 3.8) is 0 Å². The summed E-state index contributed by atoms with van der Waals surface area (Å²) in [5, 5.41) is 0. The number of epoxide rings is 1. The van der Waals surface area contributed by atoms with E-state index in [2.05, 4.69) is 0 Å². The molecular formula is C3H5ClO2P+. The van der Waals surface area contributed by atoms with Gasteiger partial charge in [-0.25, -0.2) is 0 Å². The Bertz CT molecular complexity index is 105. The molecule has 1 aliphatic heterocycles. The number of ether oxygens (including phenoxy) is 1. The van der Waals surface area contributed by atoms with E-state index in [-0.39, 0.29) is 11.9 Å².